The van der Waals surface area contributed by atoms with E-state index in [-0.39, 0.29) is 11.8 Å². The smallest absolute Gasteiger partial charge is 0.307 e. The minimum Gasteiger partial charge on any atom is -0.469 e. The molecule has 0 atom stereocenters. The Morgan fingerprint density at radius 1 is 1.29 bits per heavy atom. The number of carbonyl (C=O) groups is 1. The van der Waals surface area contributed by atoms with Crippen molar-refractivity contribution in [2.45, 2.75) is 32.4 Å². The van der Waals surface area contributed by atoms with E-state index in [0.29, 0.717) is 13.0 Å². The maximum atomic E-state index is 13.9. The molecule has 3 aromatic rings. The second-order valence-corrected chi connectivity index (χ2v) is 7.20. The SMILES string of the molecule is COC(=O)CCn1c2c(c3cc(F)ccc31)CN(CCc1cccnc1)CC2. The third-order valence-corrected chi connectivity index (χ3v) is 5.50. The summed E-state index contributed by atoms with van der Waals surface area (Å²) in [7, 11) is 1.40. The van der Waals surface area contributed by atoms with Crippen LogP contribution >= 0.6 is 0 Å². The van der Waals surface area contributed by atoms with E-state index in [1.165, 1.54) is 30.0 Å². The Hall–Kier alpha value is -2.73. The number of fused-ring (bicyclic) bond motifs is 3. The van der Waals surface area contributed by atoms with Crippen molar-refractivity contribution in [3.05, 3.63) is 65.4 Å². The van der Waals surface area contributed by atoms with Crippen molar-refractivity contribution in [3.63, 3.8) is 0 Å². The van der Waals surface area contributed by atoms with Crippen molar-refractivity contribution in [3.8, 4) is 0 Å². The third kappa shape index (κ3) is 3.78. The number of hydrogen-bond acceptors (Lipinski definition) is 4. The topological polar surface area (TPSA) is 47.4 Å². The van der Waals surface area contributed by atoms with Crippen LogP contribution in [0.15, 0.2) is 42.7 Å². The fraction of sp³-hybridized carbons (Fsp3) is 0.364. The van der Waals surface area contributed by atoms with Gasteiger partial charge in [-0.3, -0.25) is 14.7 Å². The van der Waals surface area contributed by atoms with Crippen LogP contribution in [-0.4, -0.2) is 40.6 Å². The van der Waals surface area contributed by atoms with Gasteiger partial charge in [-0.1, -0.05) is 6.07 Å². The zero-order chi connectivity index (χ0) is 19.5. The van der Waals surface area contributed by atoms with E-state index in [4.69, 9.17) is 4.74 Å². The molecule has 0 unspecified atom stereocenters. The summed E-state index contributed by atoms with van der Waals surface area (Å²) in [6.07, 6.45) is 5.84. The molecular weight excluding hydrogens is 357 g/mol. The Kier molecular flexibility index (Phi) is 5.39. The van der Waals surface area contributed by atoms with Crippen LogP contribution in [0.5, 0.6) is 0 Å². The second kappa shape index (κ2) is 8.10. The molecule has 6 heteroatoms. The Bertz CT molecular complexity index is 984. The van der Waals surface area contributed by atoms with Crippen LogP contribution in [0.2, 0.25) is 0 Å². The summed E-state index contributed by atoms with van der Waals surface area (Å²) in [6.45, 7) is 3.24. The highest BCUT2D eigenvalue weighted by molar-refractivity contribution is 5.86. The van der Waals surface area contributed by atoms with Gasteiger partial charge in [0, 0.05) is 61.6 Å². The van der Waals surface area contributed by atoms with Gasteiger partial charge in [-0.15, -0.1) is 0 Å². The first-order valence-corrected chi connectivity index (χ1v) is 9.63. The Morgan fingerprint density at radius 2 is 2.18 bits per heavy atom. The summed E-state index contributed by atoms with van der Waals surface area (Å²) in [4.78, 5) is 18.2. The maximum Gasteiger partial charge on any atom is 0.307 e. The molecule has 1 aromatic carbocycles. The maximum absolute atomic E-state index is 13.9. The van der Waals surface area contributed by atoms with Gasteiger partial charge in [0.1, 0.15) is 5.82 Å². The van der Waals surface area contributed by atoms with E-state index in [1.807, 2.05) is 18.3 Å². The molecule has 2 aromatic heterocycles. The summed E-state index contributed by atoms with van der Waals surface area (Å²) in [5.41, 5.74) is 4.60. The molecule has 0 aliphatic carbocycles. The van der Waals surface area contributed by atoms with Gasteiger partial charge >= 0.3 is 5.97 Å². The van der Waals surface area contributed by atoms with Crippen LogP contribution in [0.25, 0.3) is 10.9 Å². The second-order valence-electron chi connectivity index (χ2n) is 7.20. The van der Waals surface area contributed by atoms with E-state index < -0.39 is 0 Å². The number of aryl methyl sites for hydroxylation is 1. The molecule has 28 heavy (non-hydrogen) atoms. The highest BCUT2D eigenvalue weighted by atomic mass is 19.1. The number of methoxy groups -OCH3 is 1. The molecule has 5 nitrogen and oxygen atoms in total. The molecule has 4 rings (SSSR count). The lowest BCUT2D eigenvalue weighted by Crippen LogP contribution is -2.32. The number of hydrogen-bond donors (Lipinski definition) is 0. The fourth-order valence-electron chi connectivity index (χ4n) is 4.06. The van der Waals surface area contributed by atoms with E-state index in [1.54, 1.807) is 12.3 Å². The molecule has 0 saturated carbocycles. The molecule has 3 heterocycles. The van der Waals surface area contributed by atoms with Crippen molar-refractivity contribution in [2.75, 3.05) is 20.2 Å². The average molecular weight is 381 g/mol. The molecule has 0 saturated heterocycles. The van der Waals surface area contributed by atoms with Crippen LogP contribution in [0.4, 0.5) is 4.39 Å². The van der Waals surface area contributed by atoms with Crippen LogP contribution < -0.4 is 0 Å². The highest BCUT2D eigenvalue weighted by Crippen LogP contribution is 2.32. The average Bonchev–Trinajstić information content (AvgIpc) is 3.03. The van der Waals surface area contributed by atoms with Crippen LogP contribution in [-0.2, 0) is 35.5 Å². The molecule has 0 radical (unpaired) electrons. The first kappa shape index (κ1) is 18.6. The first-order valence-electron chi connectivity index (χ1n) is 9.63. The lowest BCUT2D eigenvalue weighted by molar-refractivity contribution is -0.140. The molecular formula is C22H24FN3O2. The lowest BCUT2D eigenvalue weighted by atomic mass is 10.0. The summed E-state index contributed by atoms with van der Waals surface area (Å²) in [6, 6.07) is 8.98. The number of nitrogens with zero attached hydrogens (tertiary/aromatic N) is 3. The van der Waals surface area contributed by atoms with Gasteiger partial charge in [0.05, 0.1) is 13.5 Å². The Morgan fingerprint density at radius 3 is 2.96 bits per heavy atom. The van der Waals surface area contributed by atoms with Gasteiger partial charge in [-0.25, -0.2) is 4.39 Å². The number of rotatable bonds is 6. The minimum absolute atomic E-state index is 0.229. The van der Waals surface area contributed by atoms with E-state index >= 15 is 0 Å². The number of pyridine rings is 1. The molecule has 146 valence electrons. The van der Waals surface area contributed by atoms with Crippen molar-refractivity contribution < 1.29 is 13.9 Å². The summed E-state index contributed by atoms with van der Waals surface area (Å²) in [5, 5.41) is 0.950. The summed E-state index contributed by atoms with van der Waals surface area (Å²) in [5.74, 6) is -0.459. The van der Waals surface area contributed by atoms with Crippen LogP contribution in [0.1, 0.15) is 23.2 Å². The fourth-order valence-corrected chi connectivity index (χ4v) is 4.06. The van der Waals surface area contributed by atoms with Crippen molar-refractivity contribution in [1.29, 1.82) is 0 Å². The lowest BCUT2D eigenvalue weighted by Gasteiger charge is -2.28. The number of ether oxygens (including phenoxy) is 1. The van der Waals surface area contributed by atoms with Crippen LogP contribution in [0, 0.1) is 5.82 Å². The zero-order valence-corrected chi connectivity index (χ0v) is 16.0. The zero-order valence-electron chi connectivity index (χ0n) is 16.0. The molecule has 0 fully saturated rings. The largest absolute Gasteiger partial charge is 0.469 e. The number of aromatic nitrogens is 2. The van der Waals surface area contributed by atoms with E-state index in [9.17, 15) is 9.18 Å². The predicted molar refractivity (Wildman–Crippen MR) is 105 cm³/mol. The Balaban J connectivity index is 1.58. The Labute approximate surface area is 163 Å². The molecule has 1 aliphatic heterocycles. The predicted octanol–water partition coefficient (Wildman–Crippen LogP) is 3.34. The molecule has 0 spiro atoms. The van der Waals surface area contributed by atoms with Gasteiger partial charge in [0.25, 0.3) is 0 Å². The quantitative estimate of drug-likeness (QED) is 0.615. The van der Waals surface area contributed by atoms with Crippen LogP contribution in [0.3, 0.4) is 0 Å². The van der Waals surface area contributed by atoms with Gasteiger partial charge in [-0.2, -0.15) is 0 Å². The number of carbonyl (C=O) groups excluding carboxylic acids is 1. The molecule has 0 N–H and O–H groups in total. The number of benzene rings is 1. The van der Waals surface area contributed by atoms with Crippen molar-refractivity contribution in [2.24, 2.45) is 0 Å². The minimum atomic E-state index is -0.230. The normalized spacial score (nSPS) is 14.2. The third-order valence-electron chi connectivity index (χ3n) is 5.50. The number of halogens is 1. The highest BCUT2D eigenvalue weighted by Gasteiger charge is 2.24. The standard InChI is InChI=1S/C22H24FN3O2/c1-28-22(27)8-12-26-20-5-4-17(23)13-18(20)19-15-25(11-7-21(19)26)10-6-16-3-2-9-24-14-16/h2-5,9,13-14H,6-8,10-12,15H2,1H3. The van der Waals surface area contributed by atoms with E-state index in [2.05, 4.69) is 20.5 Å². The monoisotopic (exact) mass is 381 g/mol. The van der Waals surface area contributed by atoms with Gasteiger partial charge in [0.15, 0.2) is 0 Å². The molecule has 0 amide bonds. The van der Waals surface area contributed by atoms with Gasteiger partial charge < -0.3 is 9.30 Å². The summed E-state index contributed by atoms with van der Waals surface area (Å²) >= 11 is 0. The van der Waals surface area contributed by atoms with Crippen molar-refractivity contribution in [1.82, 2.24) is 14.5 Å². The molecule has 0 bridgehead atoms. The molecule has 1 aliphatic rings. The van der Waals surface area contributed by atoms with Crippen molar-refractivity contribution >= 4 is 16.9 Å². The van der Waals surface area contributed by atoms with Gasteiger partial charge in [0.2, 0.25) is 0 Å². The van der Waals surface area contributed by atoms with E-state index in [0.717, 1.165) is 43.4 Å². The first-order chi connectivity index (χ1) is 13.7. The van der Waals surface area contributed by atoms with Gasteiger partial charge in [-0.05, 0) is 41.8 Å². The summed E-state index contributed by atoms with van der Waals surface area (Å²) < 4.78 is 20.9. The number of esters is 1.